The lowest BCUT2D eigenvalue weighted by Crippen LogP contribution is -2.46. The molecule has 1 rings (SSSR count). The summed E-state index contributed by atoms with van der Waals surface area (Å²) >= 11 is 0. The molecule has 0 spiro atoms. The number of hydrogen-bond acceptors (Lipinski definition) is 4. The summed E-state index contributed by atoms with van der Waals surface area (Å²) in [7, 11) is 0. The van der Waals surface area contributed by atoms with Crippen molar-refractivity contribution in [2.45, 2.75) is 78.9 Å². The summed E-state index contributed by atoms with van der Waals surface area (Å²) < 4.78 is 11.1. The number of carbonyl (C=O) groups excluding carboxylic acids is 1. The molecule has 0 fully saturated rings. The zero-order valence-electron chi connectivity index (χ0n) is 20.4. The van der Waals surface area contributed by atoms with Gasteiger partial charge in [0, 0.05) is 25.6 Å². The molecule has 182 valence electrons. The summed E-state index contributed by atoms with van der Waals surface area (Å²) in [5, 5.41) is 12.2. The molecule has 0 saturated heterocycles. The highest BCUT2D eigenvalue weighted by Crippen LogP contribution is 2.17. The van der Waals surface area contributed by atoms with E-state index < -0.39 is 12.1 Å². The third kappa shape index (κ3) is 10.8. The van der Waals surface area contributed by atoms with Crippen LogP contribution in [0.4, 0.5) is 4.79 Å². The van der Waals surface area contributed by atoms with Gasteiger partial charge in [-0.25, -0.2) is 9.59 Å². The van der Waals surface area contributed by atoms with Crippen molar-refractivity contribution in [3.63, 3.8) is 0 Å². The zero-order chi connectivity index (χ0) is 23.9. The van der Waals surface area contributed by atoms with Crippen LogP contribution in [-0.4, -0.2) is 60.5 Å². The summed E-state index contributed by atoms with van der Waals surface area (Å²) in [5.74, 6) is 0.228. The molecule has 7 heteroatoms. The van der Waals surface area contributed by atoms with Gasteiger partial charge in [0.15, 0.2) is 6.10 Å². The van der Waals surface area contributed by atoms with Crippen molar-refractivity contribution in [1.82, 2.24) is 10.2 Å². The van der Waals surface area contributed by atoms with E-state index in [1.807, 2.05) is 43.0 Å². The second-order valence-corrected chi connectivity index (χ2v) is 8.47. The minimum absolute atomic E-state index is 0.0493. The summed E-state index contributed by atoms with van der Waals surface area (Å²) in [6, 6.07) is 7.40. The van der Waals surface area contributed by atoms with Gasteiger partial charge in [0.1, 0.15) is 12.4 Å². The molecule has 0 saturated carbocycles. The first-order valence-corrected chi connectivity index (χ1v) is 11.9. The minimum Gasteiger partial charge on any atom is -0.492 e. The van der Waals surface area contributed by atoms with Crippen molar-refractivity contribution in [3.8, 4) is 5.75 Å². The number of nitrogens with one attached hydrogen (secondary N) is 1. The Morgan fingerprint density at radius 1 is 1.06 bits per heavy atom. The Labute approximate surface area is 193 Å². The molecule has 1 unspecified atom stereocenters. The van der Waals surface area contributed by atoms with E-state index >= 15 is 0 Å². The van der Waals surface area contributed by atoms with E-state index in [4.69, 9.17) is 9.47 Å². The molecule has 0 radical (unpaired) electrons. The van der Waals surface area contributed by atoms with Gasteiger partial charge >= 0.3 is 12.0 Å². The number of rotatable bonds is 16. The lowest BCUT2D eigenvalue weighted by atomic mass is 9.98. The van der Waals surface area contributed by atoms with Crippen LogP contribution >= 0.6 is 0 Å². The average molecular weight is 451 g/mol. The van der Waals surface area contributed by atoms with Crippen LogP contribution in [-0.2, 0) is 16.0 Å². The van der Waals surface area contributed by atoms with Gasteiger partial charge in [0.2, 0.25) is 0 Å². The fourth-order valence-electron chi connectivity index (χ4n) is 3.70. The predicted octanol–water partition coefficient (Wildman–Crippen LogP) is 4.73. The number of ether oxygens (including phenoxy) is 2. The molecule has 32 heavy (non-hydrogen) atoms. The first-order chi connectivity index (χ1) is 15.3. The number of carbonyl (C=O) groups is 2. The smallest absolute Gasteiger partial charge is 0.333 e. The molecule has 0 aromatic heterocycles. The van der Waals surface area contributed by atoms with Gasteiger partial charge < -0.3 is 24.8 Å². The van der Waals surface area contributed by atoms with Crippen LogP contribution in [0.5, 0.6) is 5.75 Å². The second kappa shape index (κ2) is 15.5. The molecule has 0 aliphatic heterocycles. The SMILES string of the molecule is CCCC(CCC)CN(CCOc1ccc(CC(OCC)C(=O)O)cc1)C(=O)NC(C)C. The van der Waals surface area contributed by atoms with Gasteiger partial charge in [0.05, 0.1) is 6.54 Å². The third-order valence-electron chi connectivity index (χ3n) is 5.19. The van der Waals surface area contributed by atoms with Crippen molar-refractivity contribution in [2.75, 3.05) is 26.3 Å². The summed E-state index contributed by atoms with van der Waals surface area (Å²) in [5.41, 5.74) is 0.873. The van der Waals surface area contributed by atoms with Gasteiger partial charge in [-0.2, -0.15) is 0 Å². The number of hydrogen-bond donors (Lipinski definition) is 2. The van der Waals surface area contributed by atoms with Gasteiger partial charge in [-0.1, -0.05) is 38.8 Å². The summed E-state index contributed by atoms with van der Waals surface area (Å²) in [6.07, 6.45) is 3.90. The van der Waals surface area contributed by atoms with Crippen LogP contribution in [0.1, 0.15) is 65.9 Å². The Morgan fingerprint density at radius 3 is 2.19 bits per heavy atom. The highest BCUT2D eigenvalue weighted by molar-refractivity contribution is 5.74. The maximum atomic E-state index is 12.7. The lowest BCUT2D eigenvalue weighted by Gasteiger charge is -2.28. The molecule has 0 heterocycles. The molecule has 1 aromatic rings. The molecule has 7 nitrogen and oxygen atoms in total. The molecule has 2 N–H and O–H groups in total. The quantitative estimate of drug-likeness (QED) is 0.380. The summed E-state index contributed by atoms with van der Waals surface area (Å²) in [6.45, 7) is 12.1. The maximum Gasteiger partial charge on any atom is 0.333 e. The largest absolute Gasteiger partial charge is 0.492 e. The van der Waals surface area contributed by atoms with Gasteiger partial charge in [-0.3, -0.25) is 0 Å². The Bertz CT molecular complexity index is 657. The van der Waals surface area contributed by atoms with Crippen molar-refractivity contribution in [3.05, 3.63) is 29.8 Å². The molecule has 1 aromatic carbocycles. The normalized spacial score (nSPS) is 12.1. The van der Waals surface area contributed by atoms with Crippen LogP contribution < -0.4 is 10.1 Å². The Kier molecular flexibility index (Phi) is 13.5. The molecule has 0 aliphatic rings. The van der Waals surface area contributed by atoms with Gasteiger partial charge in [-0.15, -0.1) is 0 Å². The number of aliphatic carboxylic acids is 1. The number of benzene rings is 1. The topological polar surface area (TPSA) is 88.1 Å². The number of carboxylic acids is 1. The van der Waals surface area contributed by atoms with Crippen molar-refractivity contribution in [2.24, 2.45) is 5.92 Å². The standard InChI is InChI=1S/C25H42N2O5/c1-6-9-21(10-7-2)18-27(25(30)26-19(4)5)15-16-32-22-13-11-20(12-14-22)17-23(24(28)29)31-8-3/h11-14,19,21,23H,6-10,15-18H2,1-5H3,(H,26,30)(H,28,29). The highest BCUT2D eigenvalue weighted by Gasteiger charge is 2.20. The van der Waals surface area contributed by atoms with Crippen LogP contribution in [0, 0.1) is 5.92 Å². The van der Waals surface area contributed by atoms with E-state index in [9.17, 15) is 14.7 Å². The summed E-state index contributed by atoms with van der Waals surface area (Å²) in [4.78, 5) is 25.8. The molecular weight excluding hydrogens is 408 g/mol. The van der Waals surface area contributed by atoms with Crippen LogP contribution in [0.3, 0.4) is 0 Å². The second-order valence-electron chi connectivity index (χ2n) is 8.47. The van der Waals surface area contributed by atoms with Crippen LogP contribution in [0.25, 0.3) is 0 Å². The fraction of sp³-hybridized carbons (Fsp3) is 0.680. The number of nitrogens with zero attached hydrogens (tertiary/aromatic N) is 1. The first kappa shape index (κ1) is 27.8. The highest BCUT2D eigenvalue weighted by atomic mass is 16.5. The fourth-order valence-corrected chi connectivity index (χ4v) is 3.70. The minimum atomic E-state index is -0.962. The van der Waals surface area contributed by atoms with E-state index in [1.54, 1.807) is 6.92 Å². The van der Waals surface area contributed by atoms with E-state index in [0.717, 1.165) is 37.8 Å². The van der Waals surface area contributed by atoms with Crippen molar-refractivity contribution in [1.29, 1.82) is 0 Å². The van der Waals surface area contributed by atoms with E-state index in [2.05, 4.69) is 19.2 Å². The number of carboxylic acid groups (broad SMARTS) is 1. The van der Waals surface area contributed by atoms with E-state index in [-0.39, 0.29) is 12.1 Å². The van der Waals surface area contributed by atoms with Gasteiger partial charge in [0.25, 0.3) is 0 Å². The Balaban J connectivity index is 2.67. The van der Waals surface area contributed by atoms with E-state index in [1.165, 1.54) is 0 Å². The molecule has 1 atom stereocenters. The Morgan fingerprint density at radius 2 is 1.69 bits per heavy atom. The molecular formula is C25H42N2O5. The van der Waals surface area contributed by atoms with Crippen molar-refractivity contribution < 1.29 is 24.2 Å². The maximum absolute atomic E-state index is 12.7. The third-order valence-corrected chi connectivity index (χ3v) is 5.19. The van der Waals surface area contributed by atoms with Gasteiger partial charge in [-0.05, 0) is 57.2 Å². The van der Waals surface area contributed by atoms with Crippen LogP contribution in [0.2, 0.25) is 0 Å². The van der Waals surface area contributed by atoms with E-state index in [0.29, 0.717) is 37.8 Å². The average Bonchev–Trinajstić information content (AvgIpc) is 2.73. The van der Waals surface area contributed by atoms with Crippen molar-refractivity contribution >= 4 is 12.0 Å². The first-order valence-electron chi connectivity index (χ1n) is 11.9. The number of urea groups is 1. The monoisotopic (exact) mass is 450 g/mol. The molecule has 0 bridgehead atoms. The lowest BCUT2D eigenvalue weighted by molar-refractivity contribution is -0.149. The number of amides is 2. The van der Waals surface area contributed by atoms with Crippen LogP contribution in [0.15, 0.2) is 24.3 Å². The zero-order valence-corrected chi connectivity index (χ0v) is 20.4. The molecule has 2 amide bonds. The predicted molar refractivity (Wildman–Crippen MR) is 127 cm³/mol. The Hall–Kier alpha value is -2.28. The molecule has 0 aliphatic carbocycles.